The fraction of sp³-hybridized carbons (Fsp3) is 0.240. The molecule has 1 aliphatic heterocycles. The number of pyridine rings is 1. The van der Waals surface area contributed by atoms with Crippen LogP contribution in [0.3, 0.4) is 0 Å². The second-order valence-electron chi connectivity index (χ2n) is 7.80. The summed E-state index contributed by atoms with van der Waals surface area (Å²) in [6.45, 7) is 2.85. The SMILES string of the molecule is c1ccc(C2CCN(c3ccncc3NCc3ccc4nccnc4c3)CC2)cc1. The van der Waals surface area contributed by atoms with E-state index < -0.39 is 0 Å². The standard InChI is InChI=1S/C25H25N5/c1-2-4-20(5-3-1)21-9-14-30(15-10-21)25-8-11-26-18-24(25)29-17-19-6-7-22-23(16-19)28-13-12-27-22/h1-8,11-13,16,18,21,29H,9-10,14-15,17H2. The third-order valence-corrected chi connectivity index (χ3v) is 5.92. The maximum absolute atomic E-state index is 4.41. The summed E-state index contributed by atoms with van der Waals surface area (Å²) in [5.41, 5.74) is 6.80. The Morgan fingerprint density at radius 3 is 2.50 bits per heavy atom. The van der Waals surface area contributed by atoms with Gasteiger partial charge in [-0.2, -0.15) is 0 Å². The summed E-state index contributed by atoms with van der Waals surface area (Å²) in [5.74, 6) is 0.652. The first-order chi connectivity index (χ1) is 14.9. The minimum atomic E-state index is 0.652. The molecule has 0 radical (unpaired) electrons. The van der Waals surface area contributed by atoms with Crippen molar-refractivity contribution in [2.24, 2.45) is 0 Å². The molecule has 5 heteroatoms. The highest BCUT2D eigenvalue weighted by Gasteiger charge is 2.22. The first kappa shape index (κ1) is 18.6. The molecule has 1 aliphatic rings. The highest BCUT2D eigenvalue weighted by atomic mass is 15.2. The molecule has 0 bridgehead atoms. The second-order valence-corrected chi connectivity index (χ2v) is 7.80. The third-order valence-electron chi connectivity index (χ3n) is 5.92. The Hall–Kier alpha value is -3.47. The average Bonchev–Trinajstić information content (AvgIpc) is 2.83. The van der Waals surface area contributed by atoms with Crippen LogP contribution in [0.2, 0.25) is 0 Å². The van der Waals surface area contributed by atoms with Crippen LogP contribution in [0.4, 0.5) is 11.4 Å². The van der Waals surface area contributed by atoms with Gasteiger partial charge in [0.15, 0.2) is 0 Å². The molecule has 4 aromatic rings. The summed E-state index contributed by atoms with van der Waals surface area (Å²) in [7, 11) is 0. The number of piperidine rings is 1. The van der Waals surface area contributed by atoms with Crippen molar-refractivity contribution in [2.45, 2.75) is 25.3 Å². The number of aromatic nitrogens is 3. The topological polar surface area (TPSA) is 53.9 Å². The van der Waals surface area contributed by atoms with Gasteiger partial charge in [-0.1, -0.05) is 36.4 Å². The van der Waals surface area contributed by atoms with E-state index in [4.69, 9.17) is 0 Å². The minimum Gasteiger partial charge on any atom is -0.378 e. The average molecular weight is 396 g/mol. The first-order valence-electron chi connectivity index (χ1n) is 10.5. The van der Waals surface area contributed by atoms with Crippen LogP contribution in [0, 0.1) is 0 Å². The summed E-state index contributed by atoms with van der Waals surface area (Å²) in [6.07, 6.45) is 9.63. The second kappa shape index (κ2) is 8.49. The zero-order valence-electron chi connectivity index (χ0n) is 16.9. The van der Waals surface area contributed by atoms with E-state index in [1.54, 1.807) is 12.4 Å². The fourth-order valence-electron chi connectivity index (χ4n) is 4.29. The maximum Gasteiger partial charge on any atom is 0.0890 e. The van der Waals surface area contributed by atoms with Crippen LogP contribution < -0.4 is 10.2 Å². The molecule has 1 saturated heterocycles. The molecule has 0 amide bonds. The van der Waals surface area contributed by atoms with Gasteiger partial charge in [0.2, 0.25) is 0 Å². The van der Waals surface area contributed by atoms with E-state index in [-0.39, 0.29) is 0 Å². The molecule has 5 rings (SSSR count). The molecule has 5 nitrogen and oxygen atoms in total. The lowest BCUT2D eigenvalue weighted by molar-refractivity contribution is 0.505. The molecular weight excluding hydrogens is 370 g/mol. The van der Waals surface area contributed by atoms with Gasteiger partial charge in [-0.15, -0.1) is 0 Å². The van der Waals surface area contributed by atoms with Gasteiger partial charge in [-0.3, -0.25) is 15.0 Å². The largest absolute Gasteiger partial charge is 0.378 e. The van der Waals surface area contributed by atoms with Gasteiger partial charge >= 0.3 is 0 Å². The van der Waals surface area contributed by atoms with Crippen LogP contribution >= 0.6 is 0 Å². The number of nitrogens with zero attached hydrogens (tertiary/aromatic N) is 4. The Labute approximate surface area is 176 Å². The summed E-state index contributed by atoms with van der Waals surface area (Å²) in [6, 6.07) is 19.2. The van der Waals surface area contributed by atoms with E-state index in [0.29, 0.717) is 5.92 Å². The molecule has 30 heavy (non-hydrogen) atoms. The predicted octanol–water partition coefficient (Wildman–Crippen LogP) is 5.02. The van der Waals surface area contributed by atoms with Crippen LogP contribution in [0.5, 0.6) is 0 Å². The third kappa shape index (κ3) is 3.96. The van der Waals surface area contributed by atoms with Crippen LogP contribution in [0.1, 0.15) is 29.9 Å². The highest BCUT2D eigenvalue weighted by molar-refractivity contribution is 5.75. The highest BCUT2D eigenvalue weighted by Crippen LogP contribution is 2.33. The van der Waals surface area contributed by atoms with Crippen molar-refractivity contribution >= 4 is 22.4 Å². The lowest BCUT2D eigenvalue weighted by Crippen LogP contribution is -2.33. The number of hydrogen-bond donors (Lipinski definition) is 1. The van der Waals surface area contributed by atoms with Gasteiger partial charge in [0.25, 0.3) is 0 Å². The maximum atomic E-state index is 4.41. The number of fused-ring (bicyclic) bond motifs is 1. The first-order valence-corrected chi connectivity index (χ1v) is 10.5. The smallest absolute Gasteiger partial charge is 0.0890 e. The van der Waals surface area contributed by atoms with Crippen molar-refractivity contribution in [3.05, 3.63) is 90.5 Å². The molecule has 2 aromatic heterocycles. The van der Waals surface area contributed by atoms with Crippen LogP contribution in [-0.2, 0) is 6.54 Å². The Morgan fingerprint density at radius 1 is 0.867 bits per heavy atom. The van der Waals surface area contributed by atoms with Gasteiger partial charge in [0, 0.05) is 38.2 Å². The Morgan fingerprint density at radius 2 is 1.67 bits per heavy atom. The minimum absolute atomic E-state index is 0.652. The van der Waals surface area contributed by atoms with Crippen molar-refractivity contribution < 1.29 is 0 Å². The fourth-order valence-corrected chi connectivity index (χ4v) is 4.29. The monoisotopic (exact) mass is 395 g/mol. The number of benzene rings is 2. The van der Waals surface area contributed by atoms with Crippen molar-refractivity contribution in [3.63, 3.8) is 0 Å². The number of hydrogen-bond acceptors (Lipinski definition) is 5. The Kier molecular flexibility index (Phi) is 5.25. The summed E-state index contributed by atoms with van der Waals surface area (Å²) >= 11 is 0. The molecule has 0 unspecified atom stereocenters. The molecule has 2 aromatic carbocycles. The Balaban J connectivity index is 1.27. The zero-order chi connectivity index (χ0) is 20.2. The molecular formula is C25H25N5. The van der Waals surface area contributed by atoms with Crippen LogP contribution in [0.15, 0.2) is 79.4 Å². The van der Waals surface area contributed by atoms with Crippen LogP contribution in [-0.4, -0.2) is 28.0 Å². The molecule has 0 spiro atoms. The van der Waals surface area contributed by atoms with E-state index >= 15 is 0 Å². The molecule has 1 N–H and O–H groups in total. The van der Waals surface area contributed by atoms with E-state index in [9.17, 15) is 0 Å². The van der Waals surface area contributed by atoms with Crippen molar-refractivity contribution in [3.8, 4) is 0 Å². The van der Waals surface area contributed by atoms with Gasteiger partial charge in [0.1, 0.15) is 0 Å². The molecule has 0 atom stereocenters. The molecule has 150 valence electrons. The van der Waals surface area contributed by atoms with Crippen molar-refractivity contribution in [2.75, 3.05) is 23.3 Å². The molecule has 0 saturated carbocycles. The van der Waals surface area contributed by atoms with Gasteiger partial charge in [-0.05, 0) is 48.1 Å². The van der Waals surface area contributed by atoms with Crippen molar-refractivity contribution in [1.29, 1.82) is 0 Å². The lowest BCUT2D eigenvalue weighted by atomic mass is 9.89. The summed E-state index contributed by atoms with van der Waals surface area (Å²) < 4.78 is 0. The normalized spacial score (nSPS) is 14.7. The van der Waals surface area contributed by atoms with E-state index in [0.717, 1.165) is 36.4 Å². The van der Waals surface area contributed by atoms with Gasteiger partial charge in [-0.25, -0.2) is 0 Å². The van der Waals surface area contributed by atoms with Crippen LogP contribution in [0.25, 0.3) is 11.0 Å². The lowest BCUT2D eigenvalue weighted by Gasteiger charge is -2.35. The quantitative estimate of drug-likeness (QED) is 0.514. The van der Waals surface area contributed by atoms with E-state index in [1.165, 1.54) is 29.7 Å². The summed E-state index contributed by atoms with van der Waals surface area (Å²) in [4.78, 5) is 15.6. The molecule has 3 heterocycles. The number of rotatable bonds is 5. The molecule has 1 fully saturated rings. The Bertz CT molecular complexity index is 1120. The van der Waals surface area contributed by atoms with E-state index in [2.05, 4.69) is 73.7 Å². The van der Waals surface area contributed by atoms with Gasteiger partial charge in [0.05, 0.1) is 28.6 Å². The number of nitrogens with one attached hydrogen (secondary N) is 1. The zero-order valence-corrected chi connectivity index (χ0v) is 16.9. The molecule has 0 aliphatic carbocycles. The van der Waals surface area contributed by atoms with Crippen molar-refractivity contribution in [1.82, 2.24) is 15.0 Å². The summed E-state index contributed by atoms with van der Waals surface area (Å²) in [5, 5.41) is 3.58. The van der Waals surface area contributed by atoms with E-state index in [1.807, 2.05) is 18.5 Å². The van der Waals surface area contributed by atoms with Gasteiger partial charge < -0.3 is 10.2 Å². The number of anilines is 2. The predicted molar refractivity (Wildman–Crippen MR) is 122 cm³/mol.